The predicted octanol–water partition coefficient (Wildman–Crippen LogP) is 3.81. The minimum Gasteiger partial charge on any atom is -0.497 e. The van der Waals surface area contributed by atoms with E-state index in [4.69, 9.17) is 18.9 Å². The zero-order chi connectivity index (χ0) is 21.0. The molecule has 0 fully saturated rings. The molecule has 7 nitrogen and oxygen atoms in total. The van der Waals surface area contributed by atoms with Crippen LogP contribution in [0.25, 0.3) is 0 Å². The van der Waals surface area contributed by atoms with Gasteiger partial charge in [-0.15, -0.1) is 0 Å². The number of methoxy groups -OCH3 is 4. The molecule has 0 saturated heterocycles. The zero-order valence-corrected chi connectivity index (χ0v) is 17.4. The van der Waals surface area contributed by atoms with Gasteiger partial charge in [-0.1, -0.05) is 13.0 Å². The number of hydrogen-bond donors (Lipinski definition) is 0. The molecule has 3 rings (SSSR count). The van der Waals surface area contributed by atoms with Crippen LogP contribution >= 0.6 is 0 Å². The van der Waals surface area contributed by atoms with E-state index in [1.165, 1.54) is 0 Å². The molecule has 0 aliphatic carbocycles. The summed E-state index contributed by atoms with van der Waals surface area (Å²) >= 11 is 0. The largest absolute Gasteiger partial charge is 0.497 e. The van der Waals surface area contributed by atoms with Crippen LogP contribution in [0.3, 0.4) is 0 Å². The van der Waals surface area contributed by atoms with E-state index in [1.807, 2.05) is 43.3 Å². The van der Waals surface area contributed by atoms with E-state index in [0.717, 1.165) is 16.8 Å². The molecule has 2 aromatic rings. The van der Waals surface area contributed by atoms with Crippen LogP contribution in [0, 0.1) is 0 Å². The van der Waals surface area contributed by atoms with Crippen molar-refractivity contribution in [2.24, 2.45) is 5.10 Å². The van der Waals surface area contributed by atoms with Crippen molar-refractivity contribution in [3.05, 3.63) is 47.5 Å². The Hall–Kier alpha value is -3.22. The van der Waals surface area contributed by atoms with E-state index in [2.05, 4.69) is 5.10 Å². The molecule has 1 heterocycles. The summed E-state index contributed by atoms with van der Waals surface area (Å²) in [4.78, 5) is 12.6. The second-order valence-electron chi connectivity index (χ2n) is 6.54. The van der Waals surface area contributed by atoms with Crippen LogP contribution in [0.15, 0.2) is 41.5 Å². The average molecular weight is 398 g/mol. The van der Waals surface area contributed by atoms with Crippen molar-refractivity contribution >= 4 is 11.6 Å². The minimum absolute atomic E-state index is 0.0540. The fraction of sp³-hybridized carbons (Fsp3) is 0.364. The number of carbonyl (C=O) groups is 1. The molecule has 1 atom stereocenters. The second-order valence-corrected chi connectivity index (χ2v) is 6.54. The maximum absolute atomic E-state index is 12.6. The Morgan fingerprint density at radius 1 is 0.966 bits per heavy atom. The topological polar surface area (TPSA) is 69.6 Å². The molecule has 1 aliphatic heterocycles. The highest BCUT2D eigenvalue weighted by atomic mass is 16.5. The van der Waals surface area contributed by atoms with Crippen LogP contribution < -0.4 is 18.9 Å². The molecule has 154 valence electrons. The maximum Gasteiger partial charge on any atom is 0.242 e. The van der Waals surface area contributed by atoms with Crippen LogP contribution in [-0.4, -0.2) is 45.1 Å². The molecule has 2 aromatic carbocycles. The van der Waals surface area contributed by atoms with Gasteiger partial charge in [-0.2, -0.15) is 5.10 Å². The van der Waals surface area contributed by atoms with Gasteiger partial charge in [0.1, 0.15) is 11.5 Å². The standard InChI is InChI=1S/C22H26N2O5/c1-6-22(25)24-18(14-7-9-20(28-4)21(11-14)29-5)13-17(23-24)16-12-15(26-2)8-10-19(16)27-3/h7-12,18H,6,13H2,1-5H3. The van der Waals surface area contributed by atoms with Gasteiger partial charge in [-0.25, -0.2) is 5.01 Å². The number of benzene rings is 2. The van der Waals surface area contributed by atoms with Gasteiger partial charge in [-0.05, 0) is 35.9 Å². The molecule has 0 radical (unpaired) electrons. The smallest absolute Gasteiger partial charge is 0.242 e. The van der Waals surface area contributed by atoms with Crippen molar-refractivity contribution in [3.63, 3.8) is 0 Å². The predicted molar refractivity (Wildman–Crippen MR) is 110 cm³/mol. The second kappa shape index (κ2) is 8.86. The third-order valence-corrected chi connectivity index (χ3v) is 4.98. The Kier molecular flexibility index (Phi) is 6.26. The fourth-order valence-corrected chi connectivity index (χ4v) is 3.42. The fourth-order valence-electron chi connectivity index (χ4n) is 3.42. The summed E-state index contributed by atoms with van der Waals surface area (Å²) in [5.41, 5.74) is 2.50. The SMILES string of the molecule is CCC(=O)N1N=C(c2cc(OC)ccc2OC)CC1c1ccc(OC)c(OC)c1. The summed E-state index contributed by atoms with van der Waals surface area (Å²) in [5, 5.41) is 6.21. The average Bonchev–Trinajstić information content (AvgIpc) is 3.22. The van der Waals surface area contributed by atoms with Gasteiger partial charge < -0.3 is 18.9 Å². The highest BCUT2D eigenvalue weighted by Gasteiger charge is 2.34. The quantitative estimate of drug-likeness (QED) is 0.709. The maximum atomic E-state index is 12.6. The number of rotatable bonds is 7. The molecule has 1 unspecified atom stereocenters. The molecule has 0 bridgehead atoms. The lowest BCUT2D eigenvalue weighted by Crippen LogP contribution is -2.26. The molecule has 0 spiro atoms. The van der Waals surface area contributed by atoms with E-state index in [1.54, 1.807) is 33.4 Å². The molecule has 1 aliphatic rings. The summed E-state index contributed by atoms with van der Waals surface area (Å²) in [7, 11) is 6.41. The van der Waals surface area contributed by atoms with Gasteiger partial charge in [0.25, 0.3) is 0 Å². The van der Waals surface area contributed by atoms with Crippen molar-refractivity contribution in [2.45, 2.75) is 25.8 Å². The van der Waals surface area contributed by atoms with Gasteiger partial charge in [0.05, 0.1) is 40.2 Å². The van der Waals surface area contributed by atoms with Crippen molar-refractivity contribution in [2.75, 3.05) is 28.4 Å². The molecule has 29 heavy (non-hydrogen) atoms. The van der Waals surface area contributed by atoms with E-state index in [-0.39, 0.29) is 11.9 Å². The number of hydrazone groups is 1. The summed E-state index contributed by atoms with van der Waals surface area (Å²) in [6, 6.07) is 11.0. The highest BCUT2D eigenvalue weighted by molar-refractivity contribution is 6.05. The van der Waals surface area contributed by atoms with Crippen LogP contribution in [0.4, 0.5) is 0 Å². The van der Waals surface area contributed by atoms with E-state index < -0.39 is 0 Å². The van der Waals surface area contributed by atoms with Crippen molar-refractivity contribution in [1.29, 1.82) is 0 Å². The molecule has 1 amide bonds. The Morgan fingerprint density at radius 3 is 2.28 bits per heavy atom. The first-order chi connectivity index (χ1) is 14.1. The van der Waals surface area contributed by atoms with Gasteiger partial charge in [0.2, 0.25) is 5.91 Å². The molecule has 0 aromatic heterocycles. The Balaban J connectivity index is 2.03. The van der Waals surface area contributed by atoms with Crippen molar-refractivity contribution in [1.82, 2.24) is 5.01 Å². The molecular weight excluding hydrogens is 372 g/mol. The lowest BCUT2D eigenvalue weighted by molar-refractivity contribution is -0.132. The van der Waals surface area contributed by atoms with E-state index in [0.29, 0.717) is 35.8 Å². The van der Waals surface area contributed by atoms with Crippen LogP contribution in [-0.2, 0) is 4.79 Å². The van der Waals surface area contributed by atoms with Crippen molar-refractivity contribution in [3.8, 4) is 23.0 Å². The summed E-state index contributed by atoms with van der Waals surface area (Å²) in [5.74, 6) is 2.58. The number of amides is 1. The first-order valence-corrected chi connectivity index (χ1v) is 9.40. The number of ether oxygens (including phenoxy) is 4. The molecule has 0 saturated carbocycles. The Labute approximate surface area is 170 Å². The summed E-state index contributed by atoms with van der Waals surface area (Å²) in [6.45, 7) is 1.83. The highest BCUT2D eigenvalue weighted by Crippen LogP contribution is 2.39. The Bertz CT molecular complexity index is 925. The lowest BCUT2D eigenvalue weighted by atomic mass is 9.97. The number of nitrogens with zero attached hydrogens (tertiary/aromatic N) is 2. The van der Waals surface area contributed by atoms with E-state index in [9.17, 15) is 4.79 Å². The third kappa shape index (κ3) is 3.99. The molecule has 0 N–H and O–H groups in total. The van der Waals surface area contributed by atoms with E-state index >= 15 is 0 Å². The minimum atomic E-state index is -0.242. The molecule has 7 heteroatoms. The summed E-state index contributed by atoms with van der Waals surface area (Å²) in [6.07, 6.45) is 0.903. The number of hydrogen-bond acceptors (Lipinski definition) is 6. The first-order valence-electron chi connectivity index (χ1n) is 9.40. The lowest BCUT2D eigenvalue weighted by Gasteiger charge is -2.22. The van der Waals surface area contributed by atoms with Crippen LogP contribution in [0.5, 0.6) is 23.0 Å². The van der Waals surface area contributed by atoms with Crippen LogP contribution in [0.1, 0.15) is 36.9 Å². The summed E-state index contributed by atoms with van der Waals surface area (Å²) < 4.78 is 21.6. The molecular formula is C22H26N2O5. The number of carbonyl (C=O) groups excluding carboxylic acids is 1. The Morgan fingerprint density at radius 2 is 1.66 bits per heavy atom. The van der Waals surface area contributed by atoms with Gasteiger partial charge in [0, 0.05) is 18.4 Å². The van der Waals surface area contributed by atoms with Crippen LogP contribution in [0.2, 0.25) is 0 Å². The van der Waals surface area contributed by atoms with Gasteiger partial charge >= 0.3 is 0 Å². The zero-order valence-electron chi connectivity index (χ0n) is 17.4. The van der Waals surface area contributed by atoms with Crippen molar-refractivity contribution < 1.29 is 23.7 Å². The first kappa shape index (κ1) is 20.5. The van der Waals surface area contributed by atoms with Gasteiger partial charge in [0.15, 0.2) is 11.5 Å². The third-order valence-electron chi connectivity index (χ3n) is 4.98. The van der Waals surface area contributed by atoms with Gasteiger partial charge in [-0.3, -0.25) is 4.79 Å². The normalized spacial score (nSPS) is 15.7. The monoisotopic (exact) mass is 398 g/mol.